The van der Waals surface area contributed by atoms with E-state index in [2.05, 4.69) is 16.0 Å². The number of hydrogen-bond donors (Lipinski definition) is 8. The van der Waals surface area contributed by atoms with Crippen LogP contribution in [0.15, 0.2) is 18.2 Å². The Morgan fingerprint density at radius 1 is 0.942 bits per heavy atom. The highest BCUT2D eigenvalue weighted by Crippen LogP contribution is 2.39. The van der Waals surface area contributed by atoms with Crippen molar-refractivity contribution in [1.29, 1.82) is 0 Å². The van der Waals surface area contributed by atoms with E-state index in [-0.39, 0.29) is 56.9 Å². The molecule has 1 aromatic carbocycles. The van der Waals surface area contributed by atoms with E-state index in [1.807, 2.05) is 13.8 Å². The van der Waals surface area contributed by atoms with E-state index in [0.29, 0.717) is 17.5 Å². The maximum atomic E-state index is 14.1. The Labute approximate surface area is 300 Å². The van der Waals surface area contributed by atoms with Gasteiger partial charge in [0.2, 0.25) is 41.4 Å². The van der Waals surface area contributed by atoms with Crippen LogP contribution in [-0.2, 0) is 51.1 Å². The fourth-order valence-corrected chi connectivity index (χ4v) is 6.68. The maximum absolute atomic E-state index is 14.1. The van der Waals surface area contributed by atoms with Gasteiger partial charge in [-0.2, -0.15) is 0 Å². The summed E-state index contributed by atoms with van der Waals surface area (Å²) >= 11 is 0. The van der Waals surface area contributed by atoms with Crippen molar-refractivity contribution in [3.05, 3.63) is 29.3 Å². The number of rotatable bonds is 16. The lowest BCUT2D eigenvalue weighted by molar-refractivity contribution is -0.145. The molecule has 20 heteroatoms. The second-order valence-electron chi connectivity index (χ2n) is 13.5. The van der Waals surface area contributed by atoms with Crippen LogP contribution in [0.2, 0.25) is 0 Å². The summed E-state index contributed by atoms with van der Waals surface area (Å²) in [7, 11) is -4.86. The van der Waals surface area contributed by atoms with Crippen LogP contribution in [0.1, 0.15) is 70.9 Å². The lowest BCUT2D eigenvalue weighted by atomic mass is 9.92. The lowest BCUT2D eigenvalue weighted by Crippen LogP contribution is -2.60. The number of nitrogens with two attached hydrogens (primary N) is 2. The fourth-order valence-electron chi connectivity index (χ4n) is 6.29. The van der Waals surface area contributed by atoms with Gasteiger partial charge in [-0.15, -0.1) is 0 Å². The number of carbonyl (C=O) groups is 7. The van der Waals surface area contributed by atoms with E-state index < -0.39 is 85.5 Å². The van der Waals surface area contributed by atoms with Gasteiger partial charge in [0.05, 0.1) is 6.10 Å². The van der Waals surface area contributed by atoms with Crippen molar-refractivity contribution in [2.45, 2.75) is 109 Å². The second kappa shape index (κ2) is 17.8. The summed E-state index contributed by atoms with van der Waals surface area (Å²) in [5.74, 6) is -5.34. The Balaban J connectivity index is 1.82. The summed E-state index contributed by atoms with van der Waals surface area (Å²) in [5, 5.41) is 17.4. The van der Waals surface area contributed by atoms with E-state index >= 15 is 0 Å². The molecule has 3 rings (SSSR count). The zero-order valence-electron chi connectivity index (χ0n) is 29.4. The number of aliphatic hydroxyl groups excluding tert-OH is 1. The Bertz CT molecular complexity index is 1600. The van der Waals surface area contributed by atoms with Crippen molar-refractivity contribution in [1.82, 2.24) is 25.8 Å². The molecule has 2 heterocycles. The van der Waals surface area contributed by atoms with Gasteiger partial charge in [0.1, 0.15) is 36.0 Å². The third kappa shape index (κ3) is 11.5. The Morgan fingerprint density at radius 3 is 2.13 bits per heavy atom. The number of phosphoric acid groups is 1. The Hall–Kier alpha value is -4.58. The minimum absolute atomic E-state index is 0.0119. The molecule has 19 nitrogen and oxygen atoms in total. The molecule has 2 aliphatic heterocycles. The van der Waals surface area contributed by atoms with Gasteiger partial charge >= 0.3 is 7.82 Å². The number of hydrogen-bond acceptors (Lipinski definition) is 10. The topological polar surface area (TPSA) is 301 Å². The monoisotopic (exact) mass is 753 g/mol. The van der Waals surface area contributed by atoms with E-state index in [1.54, 1.807) is 6.07 Å². The van der Waals surface area contributed by atoms with Crippen molar-refractivity contribution in [3.63, 3.8) is 0 Å². The summed E-state index contributed by atoms with van der Waals surface area (Å²) in [4.78, 5) is 112. The minimum atomic E-state index is -4.86. The number of primary amides is 2. The Morgan fingerprint density at radius 2 is 1.58 bits per heavy atom. The average molecular weight is 754 g/mol. The molecule has 52 heavy (non-hydrogen) atoms. The fraction of sp³-hybridized carbons (Fsp3) is 0.594. The molecule has 0 radical (unpaired) electrons. The van der Waals surface area contributed by atoms with Gasteiger partial charge in [-0.05, 0) is 61.8 Å². The smallest absolute Gasteiger partial charge is 0.404 e. The number of benzene rings is 1. The second-order valence-corrected chi connectivity index (χ2v) is 14.6. The van der Waals surface area contributed by atoms with Gasteiger partial charge in [-0.1, -0.05) is 19.9 Å². The first-order chi connectivity index (χ1) is 24.2. The molecule has 1 fully saturated rings. The number of nitrogens with zero attached hydrogens (tertiary/aromatic N) is 2. The quantitative estimate of drug-likeness (QED) is 0.0855. The summed E-state index contributed by atoms with van der Waals surface area (Å²) in [5.41, 5.74) is 11.7. The normalized spacial score (nSPS) is 19.5. The summed E-state index contributed by atoms with van der Waals surface area (Å²) < 4.78 is 16.1. The molecule has 0 bridgehead atoms. The van der Waals surface area contributed by atoms with Gasteiger partial charge in [0, 0.05) is 32.9 Å². The standard InChI is InChI=1S/C32H48N7O12P/c1-16(2)12-23(36-31(46)25-14-20-13-21(51-52(48,49)50)8-7-19(20)15-39(25)18(4)41)32(47)38-11-5-6-24(38)30(45)35-22(9-10-26(33)42)29(44)37-27(17(3)40)28(34)43/h7-8,13,16-17,22-25,27,40H,5-6,9-12,14-15H2,1-4H3,(H2,33,42)(H2,34,43)(H,35,45)(H,36,46)(H,37,44)(H2,48,49,50)/t17-,22+,23+,24+,25?,27+/m1/s1. The molecule has 7 amide bonds. The number of aliphatic hydroxyl groups is 1. The summed E-state index contributed by atoms with van der Waals surface area (Å²) in [6, 6.07) is -1.90. The zero-order chi connectivity index (χ0) is 39.1. The van der Waals surface area contributed by atoms with Crippen LogP contribution in [0.25, 0.3) is 0 Å². The van der Waals surface area contributed by atoms with Gasteiger partial charge in [0.15, 0.2) is 0 Å². The first-order valence-corrected chi connectivity index (χ1v) is 18.3. The van der Waals surface area contributed by atoms with Crippen molar-refractivity contribution in [2.75, 3.05) is 6.54 Å². The van der Waals surface area contributed by atoms with Crippen LogP contribution in [-0.4, -0.2) is 109 Å². The number of phosphoric ester groups is 1. The van der Waals surface area contributed by atoms with Crippen molar-refractivity contribution < 1.29 is 57.5 Å². The molecule has 0 spiro atoms. The minimum Gasteiger partial charge on any atom is -0.404 e. The van der Waals surface area contributed by atoms with E-state index in [4.69, 9.17) is 16.0 Å². The number of nitrogens with one attached hydrogen (secondary N) is 3. The highest BCUT2D eigenvalue weighted by atomic mass is 31.2. The molecule has 0 aromatic heterocycles. The van der Waals surface area contributed by atoms with Crippen LogP contribution < -0.4 is 31.9 Å². The third-order valence-electron chi connectivity index (χ3n) is 8.80. The molecule has 0 aliphatic carbocycles. The molecule has 0 saturated carbocycles. The van der Waals surface area contributed by atoms with Crippen LogP contribution in [0, 0.1) is 5.92 Å². The lowest BCUT2D eigenvalue weighted by Gasteiger charge is -2.37. The van der Waals surface area contributed by atoms with Crippen LogP contribution in [0.5, 0.6) is 5.75 Å². The van der Waals surface area contributed by atoms with Gasteiger partial charge in [0.25, 0.3) is 0 Å². The number of likely N-dealkylation sites (tertiary alicyclic amines) is 1. The molecule has 288 valence electrons. The van der Waals surface area contributed by atoms with Crippen LogP contribution in [0.3, 0.4) is 0 Å². The molecule has 6 atom stereocenters. The molecular formula is C32H48N7O12P. The SMILES string of the molecule is CC(=O)N1Cc2ccc(OP(=O)(O)O)cc2CC1C(=O)N[C@@H](CC(C)C)C(=O)N1CCC[C@H]1C(=O)N[C@@H](CCC(N)=O)C(=O)N[C@H](C(N)=O)[C@@H](C)O. The first-order valence-electron chi connectivity index (χ1n) is 16.8. The predicted molar refractivity (Wildman–Crippen MR) is 182 cm³/mol. The van der Waals surface area contributed by atoms with Gasteiger partial charge in [-0.25, -0.2) is 4.57 Å². The molecule has 1 unspecified atom stereocenters. The van der Waals surface area contributed by atoms with Crippen LogP contribution >= 0.6 is 7.82 Å². The zero-order valence-corrected chi connectivity index (χ0v) is 30.3. The molecular weight excluding hydrogens is 705 g/mol. The predicted octanol–water partition coefficient (Wildman–Crippen LogP) is -1.95. The summed E-state index contributed by atoms with van der Waals surface area (Å²) in [6.45, 7) is 6.33. The first kappa shape index (κ1) is 41.8. The van der Waals surface area contributed by atoms with Gasteiger partial charge < -0.3 is 46.8 Å². The third-order valence-corrected chi connectivity index (χ3v) is 9.25. The number of carbonyl (C=O) groups excluding carboxylic acids is 7. The number of amides is 7. The molecule has 1 aromatic rings. The van der Waals surface area contributed by atoms with E-state index in [1.165, 1.54) is 35.8 Å². The molecule has 2 aliphatic rings. The molecule has 1 saturated heterocycles. The largest absolute Gasteiger partial charge is 0.524 e. The van der Waals surface area contributed by atoms with E-state index in [0.717, 1.165) is 0 Å². The Kier molecular flexibility index (Phi) is 14.3. The van der Waals surface area contributed by atoms with Crippen LogP contribution in [0.4, 0.5) is 0 Å². The van der Waals surface area contributed by atoms with Crippen molar-refractivity contribution in [2.24, 2.45) is 17.4 Å². The maximum Gasteiger partial charge on any atom is 0.524 e. The van der Waals surface area contributed by atoms with Crippen molar-refractivity contribution >= 4 is 49.2 Å². The average Bonchev–Trinajstić information content (AvgIpc) is 3.53. The highest BCUT2D eigenvalue weighted by Gasteiger charge is 2.41. The van der Waals surface area contributed by atoms with Crippen molar-refractivity contribution in [3.8, 4) is 5.75 Å². The molecule has 10 N–H and O–H groups in total. The van der Waals surface area contributed by atoms with E-state index in [9.17, 15) is 53.0 Å². The summed E-state index contributed by atoms with van der Waals surface area (Å²) in [6.07, 6.45) is -1.20. The highest BCUT2D eigenvalue weighted by molar-refractivity contribution is 7.46. The van der Waals surface area contributed by atoms with Gasteiger partial charge in [-0.3, -0.25) is 43.3 Å². The number of fused-ring (bicyclic) bond motifs is 1.